The fourth-order valence-corrected chi connectivity index (χ4v) is 3.48. The Balaban J connectivity index is 1.94. The number of hydrogen-bond acceptors (Lipinski definition) is 4. The molecule has 1 aliphatic heterocycles. The van der Waals surface area contributed by atoms with Crippen LogP contribution in [0.4, 0.5) is 0 Å². The fraction of sp³-hybridized carbons (Fsp3) is 0.500. The second-order valence-corrected chi connectivity index (χ2v) is 5.76. The molecule has 1 atom stereocenters. The topological polar surface area (TPSA) is 58.4 Å². The quantitative estimate of drug-likeness (QED) is 0.841. The van der Waals surface area contributed by atoms with Crippen LogP contribution >= 0.6 is 11.3 Å². The van der Waals surface area contributed by atoms with Gasteiger partial charge in [-0.25, -0.2) is 0 Å². The predicted molar refractivity (Wildman–Crippen MR) is 69.9 cm³/mol. The monoisotopic (exact) mass is 265 g/mol. The van der Waals surface area contributed by atoms with E-state index in [2.05, 4.69) is 5.10 Å². The average molecular weight is 265 g/mol. The third-order valence-corrected chi connectivity index (χ3v) is 4.55. The standard InChI is InChI=1S/C12H15N3O2S/c1-7-9-5-10(18-12(9)14(2)13-7)11(17)15-4-3-8(16)6-15/h5,8,16H,3-4,6H2,1-2H3/t8-/m0/s1. The first-order chi connectivity index (χ1) is 8.56. The van der Waals surface area contributed by atoms with Gasteiger partial charge in [-0.1, -0.05) is 0 Å². The third kappa shape index (κ3) is 1.72. The van der Waals surface area contributed by atoms with E-state index in [0.29, 0.717) is 19.5 Å². The molecule has 1 fully saturated rings. The van der Waals surface area contributed by atoms with Gasteiger partial charge in [0.2, 0.25) is 0 Å². The summed E-state index contributed by atoms with van der Waals surface area (Å²) in [6.45, 7) is 3.04. The first kappa shape index (κ1) is 11.7. The zero-order valence-corrected chi connectivity index (χ0v) is 11.2. The number of thiophene rings is 1. The van der Waals surface area contributed by atoms with Crippen LogP contribution in [0.25, 0.3) is 10.2 Å². The van der Waals surface area contributed by atoms with E-state index in [0.717, 1.165) is 20.8 Å². The summed E-state index contributed by atoms with van der Waals surface area (Å²) in [5.41, 5.74) is 0.948. The number of nitrogens with zero attached hydrogens (tertiary/aromatic N) is 3. The number of carbonyl (C=O) groups excluding carboxylic acids is 1. The number of β-amino-alcohol motifs (C(OH)–C–C–N with tert-alkyl or cyclic N) is 1. The minimum absolute atomic E-state index is 0.0205. The van der Waals surface area contributed by atoms with Gasteiger partial charge in [-0.15, -0.1) is 11.3 Å². The SMILES string of the molecule is Cc1nn(C)c2sc(C(=O)N3CC[C@H](O)C3)cc12. The molecule has 0 radical (unpaired) electrons. The first-order valence-corrected chi connectivity index (χ1v) is 6.78. The van der Waals surface area contributed by atoms with Gasteiger partial charge in [-0.3, -0.25) is 9.48 Å². The molecule has 1 aliphatic rings. The molecule has 0 unspecified atom stereocenters. The van der Waals surface area contributed by atoms with Crippen LogP contribution in [0.15, 0.2) is 6.07 Å². The van der Waals surface area contributed by atoms with Crippen molar-refractivity contribution in [2.75, 3.05) is 13.1 Å². The summed E-state index contributed by atoms with van der Waals surface area (Å²) in [7, 11) is 1.89. The minimum atomic E-state index is -0.369. The summed E-state index contributed by atoms with van der Waals surface area (Å²) in [5, 5.41) is 14.8. The molecular weight excluding hydrogens is 250 g/mol. The van der Waals surface area contributed by atoms with Gasteiger partial charge in [0.15, 0.2) is 0 Å². The Hall–Kier alpha value is -1.40. The van der Waals surface area contributed by atoms with Crippen LogP contribution in [0.3, 0.4) is 0 Å². The Morgan fingerprint density at radius 2 is 2.39 bits per heavy atom. The molecule has 6 heteroatoms. The number of amides is 1. The number of carbonyl (C=O) groups is 1. The van der Waals surface area contributed by atoms with Crippen LogP contribution in [0, 0.1) is 6.92 Å². The highest BCUT2D eigenvalue weighted by molar-refractivity contribution is 7.20. The summed E-state index contributed by atoms with van der Waals surface area (Å²) < 4.78 is 1.81. The molecule has 0 aliphatic carbocycles. The molecule has 18 heavy (non-hydrogen) atoms. The molecular formula is C12H15N3O2S. The number of aromatic nitrogens is 2. The Labute approximate surface area is 109 Å². The lowest BCUT2D eigenvalue weighted by Gasteiger charge is -2.13. The van der Waals surface area contributed by atoms with E-state index in [9.17, 15) is 9.90 Å². The zero-order chi connectivity index (χ0) is 12.9. The van der Waals surface area contributed by atoms with Crippen molar-refractivity contribution in [3.63, 3.8) is 0 Å². The summed E-state index contributed by atoms with van der Waals surface area (Å²) >= 11 is 1.47. The average Bonchev–Trinajstić information content (AvgIpc) is 2.98. The van der Waals surface area contributed by atoms with Crippen LogP contribution < -0.4 is 0 Å². The largest absolute Gasteiger partial charge is 0.391 e. The van der Waals surface area contributed by atoms with Crippen LogP contribution in [0.5, 0.6) is 0 Å². The number of fused-ring (bicyclic) bond motifs is 1. The fourth-order valence-electron chi connectivity index (χ4n) is 2.39. The lowest BCUT2D eigenvalue weighted by Crippen LogP contribution is -2.28. The van der Waals surface area contributed by atoms with Gasteiger partial charge < -0.3 is 10.0 Å². The maximum absolute atomic E-state index is 12.3. The highest BCUT2D eigenvalue weighted by Gasteiger charge is 2.27. The van der Waals surface area contributed by atoms with E-state index in [-0.39, 0.29) is 12.0 Å². The summed E-state index contributed by atoms with van der Waals surface area (Å²) in [6.07, 6.45) is 0.309. The van der Waals surface area contributed by atoms with Crippen molar-refractivity contribution < 1.29 is 9.90 Å². The summed E-state index contributed by atoms with van der Waals surface area (Å²) in [6, 6.07) is 1.91. The van der Waals surface area contributed by atoms with Crippen molar-refractivity contribution in [1.82, 2.24) is 14.7 Å². The highest BCUT2D eigenvalue weighted by atomic mass is 32.1. The van der Waals surface area contributed by atoms with Crippen LogP contribution in [0.2, 0.25) is 0 Å². The van der Waals surface area contributed by atoms with E-state index in [1.165, 1.54) is 11.3 Å². The molecule has 2 aromatic rings. The van der Waals surface area contributed by atoms with Crippen LogP contribution in [-0.4, -0.2) is 44.9 Å². The number of hydrogen-bond donors (Lipinski definition) is 1. The second kappa shape index (κ2) is 4.07. The normalized spacial score (nSPS) is 19.9. The van der Waals surface area contributed by atoms with Crippen molar-refractivity contribution in [3.05, 3.63) is 16.6 Å². The van der Waals surface area contributed by atoms with E-state index in [1.807, 2.05) is 24.7 Å². The molecule has 1 amide bonds. The van der Waals surface area contributed by atoms with Crippen molar-refractivity contribution in [1.29, 1.82) is 0 Å². The molecule has 1 N–H and O–H groups in total. The van der Waals surface area contributed by atoms with Gasteiger partial charge >= 0.3 is 0 Å². The van der Waals surface area contributed by atoms with Crippen LogP contribution in [0.1, 0.15) is 21.8 Å². The number of aliphatic hydroxyl groups is 1. The molecule has 2 aromatic heterocycles. The smallest absolute Gasteiger partial charge is 0.264 e. The Morgan fingerprint density at radius 1 is 1.61 bits per heavy atom. The summed E-state index contributed by atoms with van der Waals surface area (Å²) in [5.74, 6) is 0.0205. The van der Waals surface area contributed by atoms with Gasteiger partial charge in [0.05, 0.1) is 16.7 Å². The molecule has 5 nitrogen and oxygen atoms in total. The number of aryl methyl sites for hydroxylation is 2. The molecule has 0 spiro atoms. The predicted octanol–water partition coefficient (Wildman–Crippen LogP) is 1.15. The Morgan fingerprint density at radius 3 is 3.00 bits per heavy atom. The van der Waals surface area contributed by atoms with Crippen molar-refractivity contribution in [2.45, 2.75) is 19.4 Å². The van der Waals surface area contributed by atoms with E-state index >= 15 is 0 Å². The second-order valence-electron chi connectivity index (χ2n) is 4.73. The third-order valence-electron chi connectivity index (χ3n) is 3.36. The van der Waals surface area contributed by atoms with Gasteiger partial charge in [0.1, 0.15) is 4.83 Å². The van der Waals surface area contributed by atoms with Gasteiger partial charge in [-0.05, 0) is 19.4 Å². The summed E-state index contributed by atoms with van der Waals surface area (Å²) in [4.78, 5) is 15.8. The molecule has 3 heterocycles. The Bertz CT molecular complexity index is 582. The lowest BCUT2D eigenvalue weighted by atomic mass is 10.3. The molecule has 96 valence electrons. The molecule has 0 saturated carbocycles. The van der Waals surface area contributed by atoms with E-state index < -0.39 is 0 Å². The van der Waals surface area contributed by atoms with Crippen molar-refractivity contribution >= 4 is 27.5 Å². The number of likely N-dealkylation sites (tertiary alicyclic amines) is 1. The minimum Gasteiger partial charge on any atom is -0.391 e. The zero-order valence-electron chi connectivity index (χ0n) is 10.4. The first-order valence-electron chi connectivity index (χ1n) is 5.96. The number of rotatable bonds is 1. The van der Waals surface area contributed by atoms with Crippen molar-refractivity contribution in [3.8, 4) is 0 Å². The molecule has 1 saturated heterocycles. The van der Waals surface area contributed by atoms with Crippen molar-refractivity contribution in [2.24, 2.45) is 7.05 Å². The Kier molecular flexibility index (Phi) is 2.64. The maximum Gasteiger partial charge on any atom is 0.264 e. The lowest BCUT2D eigenvalue weighted by molar-refractivity contribution is 0.0770. The van der Waals surface area contributed by atoms with Gasteiger partial charge in [0.25, 0.3) is 5.91 Å². The van der Waals surface area contributed by atoms with Gasteiger partial charge in [0, 0.05) is 25.5 Å². The van der Waals surface area contributed by atoms with E-state index in [1.54, 1.807) is 4.90 Å². The molecule has 3 rings (SSSR count). The van der Waals surface area contributed by atoms with Gasteiger partial charge in [-0.2, -0.15) is 5.10 Å². The number of aliphatic hydroxyl groups excluding tert-OH is 1. The molecule has 0 bridgehead atoms. The van der Waals surface area contributed by atoms with E-state index in [4.69, 9.17) is 0 Å². The van der Waals surface area contributed by atoms with Crippen LogP contribution in [-0.2, 0) is 7.05 Å². The molecule has 0 aromatic carbocycles. The maximum atomic E-state index is 12.3. The highest BCUT2D eigenvalue weighted by Crippen LogP contribution is 2.29.